The van der Waals surface area contributed by atoms with Gasteiger partial charge in [0.1, 0.15) is 0 Å². The summed E-state index contributed by atoms with van der Waals surface area (Å²) in [7, 11) is 0. The molecule has 0 fully saturated rings. The molecule has 0 unspecified atom stereocenters. The zero-order valence-electron chi connectivity index (χ0n) is 10.00. The van der Waals surface area contributed by atoms with Gasteiger partial charge in [0.05, 0.1) is 0 Å². The van der Waals surface area contributed by atoms with Crippen molar-refractivity contribution in [1.82, 2.24) is 4.98 Å². The molecule has 0 atom stereocenters. The van der Waals surface area contributed by atoms with Crippen molar-refractivity contribution in [2.45, 2.75) is 38.9 Å². The maximum Gasteiger partial charge on any atom is 0.0439 e. The average molecular weight is 270 g/mol. The van der Waals surface area contributed by atoms with Crippen LogP contribution in [0.15, 0.2) is 18.3 Å². The van der Waals surface area contributed by atoms with Gasteiger partial charge < -0.3 is 0 Å². The molecular weight excluding hydrogens is 250 g/mol. The van der Waals surface area contributed by atoms with Crippen LogP contribution in [0.25, 0.3) is 0 Å². The van der Waals surface area contributed by atoms with Gasteiger partial charge in [-0.05, 0) is 23.5 Å². The molecule has 1 rings (SSSR count). The first-order valence-electron chi connectivity index (χ1n) is 5.57. The Bertz CT molecular complexity index is 282. The van der Waals surface area contributed by atoms with Crippen LogP contribution in [0.1, 0.15) is 44.9 Å². The highest BCUT2D eigenvalue weighted by Crippen LogP contribution is 2.30. The molecular formula is C13H20BrN. The Morgan fingerprint density at radius 2 is 1.73 bits per heavy atom. The number of hydrogen-bond acceptors (Lipinski definition) is 1. The quantitative estimate of drug-likeness (QED) is 0.740. The summed E-state index contributed by atoms with van der Waals surface area (Å²) in [5.74, 6) is 1.86. The van der Waals surface area contributed by atoms with Crippen LogP contribution >= 0.6 is 15.9 Å². The molecule has 0 aliphatic heterocycles. The second kappa shape index (κ2) is 5.64. The van der Waals surface area contributed by atoms with Gasteiger partial charge >= 0.3 is 0 Å². The van der Waals surface area contributed by atoms with E-state index in [4.69, 9.17) is 0 Å². The Hall–Kier alpha value is -0.370. The lowest BCUT2D eigenvalue weighted by molar-refractivity contribution is 0.380. The Labute approximate surface area is 101 Å². The Morgan fingerprint density at radius 3 is 2.07 bits per heavy atom. The van der Waals surface area contributed by atoms with E-state index in [1.807, 2.05) is 6.20 Å². The zero-order chi connectivity index (χ0) is 11.4. The molecule has 0 aromatic carbocycles. The van der Waals surface area contributed by atoms with Crippen LogP contribution in [-0.2, 0) is 5.33 Å². The van der Waals surface area contributed by atoms with E-state index in [2.05, 4.69) is 60.7 Å². The van der Waals surface area contributed by atoms with E-state index in [0.29, 0.717) is 17.8 Å². The number of halogens is 1. The first kappa shape index (κ1) is 12.7. The van der Waals surface area contributed by atoms with Gasteiger partial charge in [0.2, 0.25) is 0 Å². The maximum absolute atomic E-state index is 4.56. The molecule has 0 saturated heterocycles. The average Bonchev–Trinajstić information content (AvgIpc) is 2.18. The second-order valence-corrected chi connectivity index (χ2v) is 5.30. The maximum atomic E-state index is 4.56. The molecule has 0 amide bonds. The monoisotopic (exact) mass is 269 g/mol. The highest BCUT2D eigenvalue weighted by atomic mass is 79.9. The van der Waals surface area contributed by atoms with Crippen molar-refractivity contribution in [2.24, 2.45) is 11.8 Å². The van der Waals surface area contributed by atoms with E-state index < -0.39 is 0 Å². The van der Waals surface area contributed by atoms with Crippen LogP contribution in [0.5, 0.6) is 0 Å². The molecule has 0 radical (unpaired) electrons. The van der Waals surface area contributed by atoms with Gasteiger partial charge in [0.25, 0.3) is 0 Å². The third-order valence-corrected chi connectivity index (χ3v) is 3.43. The summed E-state index contributed by atoms with van der Waals surface area (Å²) < 4.78 is 0. The first-order chi connectivity index (χ1) is 7.06. The molecule has 0 saturated carbocycles. The highest BCUT2D eigenvalue weighted by Gasteiger charge is 2.20. The Kier molecular flexibility index (Phi) is 4.78. The SMILES string of the molecule is CC(C)C(c1ccc(CBr)cn1)C(C)C. The van der Waals surface area contributed by atoms with Gasteiger partial charge in [-0.3, -0.25) is 4.98 Å². The topological polar surface area (TPSA) is 12.9 Å². The minimum absolute atomic E-state index is 0.564. The zero-order valence-corrected chi connectivity index (χ0v) is 11.6. The highest BCUT2D eigenvalue weighted by molar-refractivity contribution is 9.08. The van der Waals surface area contributed by atoms with Crippen molar-refractivity contribution in [1.29, 1.82) is 0 Å². The van der Waals surface area contributed by atoms with E-state index in [1.54, 1.807) is 0 Å². The normalized spacial score (nSPS) is 11.7. The molecule has 1 nitrogen and oxygen atoms in total. The van der Waals surface area contributed by atoms with Gasteiger partial charge in [-0.1, -0.05) is 49.7 Å². The van der Waals surface area contributed by atoms with Gasteiger partial charge in [-0.25, -0.2) is 0 Å². The summed E-state index contributed by atoms with van der Waals surface area (Å²) in [5, 5.41) is 0.883. The van der Waals surface area contributed by atoms with E-state index in [-0.39, 0.29) is 0 Å². The first-order valence-corrected chi connectivity index (χ1v) is 6.69. The standard InChI is InChI=1S/C13H20BrN/c1-9(2)13(10(3)4)12-6-5-11(7-14)8-15-12/h5-6,8-10,13H,7H2,1-4H3. The van der Waals surface area contributed by atoms with Crippen molar-refractivity contribution in [3.8, 4) is 0 Å². The molecule has 0 bridgehead atoms. The summed E-state index contributed by atoms with van der Waals surface area (Å²) in [6, 6.07) is 4.33. The summed E-state index contributed by atoms with van der Waals surface area (Å²) in [6.07, 6.45) is 1.97. The molecule has 1 heterocycles. The minimum atomic E-state index is 0.564. The van der Waals surface area contributed by atoms with Crippen LogP contribution < -0.4 is 0 Å². The Morgan fingerprint density at radius 1 is 1.13 bits per heavy atom. The van der Waals surface area contributed by atoms with Crippen LogP contribution in [0.4, 0.5) is 0 Å². The van der Waals surface area contributed by atoms with Crippen molar-refractivity contribution >= 4 is 15.9 Å². The molecule has 0 N–H and O–H groups in total. The smallest absolute Gasteiger partial charge is 0.0439 e. The summed E-state index contributed by atoms with van der Waals surface area (Å²) in [4.78, 5) is 4.56. The summed E-state index contributed by atoms with van der Waals surface area (Å²) in [5.41, 5.74) is 2.47. The van der Waals surface area contributed by atoms with Gasteiger partial charge in [-0.15, -0.1) is 0 Å². The number of rotatable bonds is 4. The summed E-state index contributed by atoms with van der Waals surface area (Å²) in [6.45, 7) is 9.07. The molecule has 0 aliphatic carbocycles. The third kappa shape index (κ3) is 3.30. The number of aromatic nitrogens is 1. The number of alkyl halides is 1. The second-order valence-electron chi connectivity index (χ2n) is 4.74. The lowest BCUT2D eigenvalue weighted by atomic mass is 9.83. The van der Waals surface area contributed by atoms with Gasteiger partial charge in [-0.2, -0.15) is 0 Å². The fraction of sp³-hybridized carbons (Fsp3) is 0.615. The molecule has 0 aliphatic rings. The fourth-order valence-electron chi connectivity index (χ4n) is 2.16. The Balaban J connectivity index is 2.92. The van der Waals surface area contributed by atoms with E-state index in [1.165, 1.54) is 11.3 Å². The number of pyridine rings is 1. The van der Waals surface area contributed by atoms with Crippen molar-refractivity contribution in [3.05, 3.63) is 29.6 Å². The number of hydrogen-bond donors (Lipinski definition) is 0. The number of nitrogens with zero attached hydrogens (tertiary/aromatic N) is 1. The predicted octanol–water partition coefficient (Wildman–Crippen LogP) is 4.37. The molecule has 0 spiro atoms. The van der Waals surface area contributed by atoms with Crippen molar-refractivity contribution in [3.63, 3.8) is 0 Å². The summed E-state index contributed by atoms with van der Waals surface area (Å²) >= 11 is 3.44. The predicted molar refractivity (Wildman–Crippen MR) is 69.3 cm³/mol. The fourth-order valence-corrected chi connectivity index (χ4v) is 2.50. The molecule has 84 valence electrons. The largest absolute Gasteiger partial charge is 0.261 e. The van der Waals surface area contributed by atoms with Crippen LogP contribution in [-0.4, -0.2) is 4.98 Å². The van der Waals surface area contributed by atoms with E-state index >= 15 is 0 Å². The van der Waals surface area contributed by atoms with E-state index in [0.717, 1.165) is 5.33 Å². The van der Waals surface area contributed by atoms with Crippen LogP contribution in [0.2, 0.25) is 0 Å². The lowest BCUT2D eigenvalue weighted by Crippen LogP contribution is -2.14. The van der Waals surface area contributed by atoms with E-state index in [9.17, 15) is 0 Å². The van der Waals surface area contributed by atoms with Crippen LogP contribution in [0, 0.1) is 11.8 Å². The molecule has 15 heavy (non-hydrogen) atoms. The minimum Gasteiger partial charge on any atom is -0.261 e. The van der Waals surface area contributed by atoms with Gasteiger partial charge in [0, 0.05) is 23.1 Å². The van der Waals surface area contributed by atoms with Gasteiger partial charge in [0.15, 0.2) is 0 Å². The van der Waals surface area contributed by atoms with Crippen molar-refractivity contribution in [2.75, 3.05) is 0 Å². The molecule has 1 aromatic rings. The van der Waals surface area contributed by atoms with Crippen molar-refractivity contribution < 1.29 is 0 Å². The third-order valence-electron chi connectivity index (χ3n) is 2.78. The lowest BCUT2D eigenvalue weighted by Gasteiger charge is -2.24. The molecule has 1 aromatic heterocycles. The molecule has 2 heteroatoms. The van der Waals surface area contributed by atoms with Crippen LogP contribution in [0.3, 0.4) is 0 Å².